The van der Waals surface area contributed by atoms with Crippen molar-refractivity contribution in [3.63, 3.8) is 0 Å². The highest BCUT2D eigenvalue weighted by molar-refractivity contribution is 6.32. The van der Waals surface area contributed by atoms with Crippen LogP contribution >= 0.6 is 11.6 Å². The van der Waals surface area contributed by atoms with Crippen molar-refractivity contribution >= 4 is 17.4 Å². The van der Waals surface area contributed by atoms with E-state index in [0.29, 0.717) is 22.9 Å². The molecule has 0 aliphatic carbocycles. The zero-order valence-electron chi connectivity index (χ0n) is 10.9. The molecule has 0 bridgehead atoms. The molecule has 0 heterocycles. The minimum absolute atomic E-state index is 0.0539. The molecule has 2 rings (SSSR count). The van der Waals surface area contributed by atoms with Gasteiger partial charge in [-0.1, -0.05) is 47.5 Å². The molecule has 0 fully saturated rings. The molecule has 0 atom stereocenters. The lowest BCUT2D eigenvalue weighted by Gasteiger charge is -2.11. The van der Waals surface area contributed by atoms with Gasteiger partial charge in [-0.05, 0) is 31.5 Å². The molecule has 0 radical (unpaired) electrons. The van der Waals surface area contributed by atoms with Crippen molar-refractivity contribution in [2.45, 2.75) is 20.5 Å². The van der Waals surface area contributed by atoms with Crippen molar-refractivity contribution in [2.75, 3.05) is 0 Å². The first-order chi connectivity index (χ1) is 9.08. The third-order valence-electron chi connectivity index (χ3n) is 2.81. The number of hydrogen-bond acceptors (Lipinski definition) is 2. The second-order valence-corrected chi connectivity index (χ2v) is 4.86. The molecule has 2 nitrogen and oxygen atoms in total. The second-order valence-electron chi connectivity index (χ2n) is 4.45. The molecule has 2 aromatic carbocycles. The number of rotatable bonds is 4. The van der Waals surface area contributed by atoms with Gasteiger partial charge in [0.2, 0.25) is 0 Å². The van der Waals surface area contributed by atoms with Crippen LogP contribution < -0.4 is 4.74 Å². The Bertz CT molecular complexity index is 605. The Kier molecular flexibility index (Phi) is 4.23. The summed E-state index contributed by atoms with van der Waals surface area (Å²) in [6, 6.07) is 13.2. The molecule has 0 N–H and O–H groups in total. The predicted molar refractivity (Wildman–Crippen MR) is 77.0 cm³/mol. The summed E-state index contributed by atoms with van der Waals surface area (Å²) >= 11 is 6.09. The monoisotopic (exact) mass is 274 g/mol. The van der Waals surface area contributed by atoms with Gasteiger partial charge in [0.25, 0.3) is 0 Å². The summed E-state index contributed by atoms with van der Waals surface area (Å²) in [5.41, 5.74) is 2.74. The van der Waals surface area contributed by atoms with Gasteiger partial charge in [0.15, 0.2) is 5.78 Å². The molecule has 0 aromatic heterocycles. The lowest BCUT2D eigenvalue weighted by atomic mass is 10.1. The number of carbonyl (C=O) groups is 1. The summed E-state index contributed by atoms with van der Waals surface area (Å²) < 4.78 is 5.72. The SMILES string of the molecule is CC(=O)c1cccc(Cl)c1OCc1cccc(C)c1. The number of para-hydroxylation sites is 1. The maximum absolute atomic E-state index is 11.5. The van der Waals surface area contributed by atoms with Crippen LogP contribution in [0.4, 0.5) is 0 Å². The molecule has 98 valence electrons. The Balaban J connectivity index is 2.22. The Hall–Kier alpha value is -1.80. The van der Waals surface area contributed by atoms with E-state index >= 15 is 0 Å². The third-order valence-corrected chi connectivity index (χ3v) is 3.11. The summed E-state index contributed by atoms with van der Waals surface area (Å²) in [5, 5.41) is 0.459. The first kappa shape index (κ1) is 13.6. The van der Waals surface area contributed by atoms with E-state index in [1.807, 2.05) is 31.2 Å². The van der Waals surface area contributed by atoms with E-state index in [9.17, 15) is 4.79 Å². The summed E-state index contributed by atoms with van der Waals surface area (Å²) in [4.78, 5) is 11.5. The first-order valence-corrected chi connectivity index (χ1v) is 6.43. The minimum atomic E-state index is -0.0539. The summed E-state index contributed by atoms with van der Waals surface area (Å²) in [7, 11) is 0. The van der Waals surface area contributed by atoms with Crippen molar-refractivity contribution in [1.82, 2.24) is 0 Å². The van der Waals surface area contributed by atoms with Gasteiger partial charge in [-0.2, -0.15) is 0 Å². The molecule has 0 saturated carbocycles. The van der Waals surface area contributed by atoms with Crippen molar-refractivity contribution < 1.29 is 9.53 Å². The Labute approximate surface area is 118 Å². The van der Waals surface area contributed by atoms with Gasteiger partial charge >= 0.3 is 0 Å². The smallest absolute Gasteiger partial charge is 0.163 e. The van der Waals surface area contributed by atoms with Crippen LogP contribution in [0.25, 0.3) is 0 Å². The number of hydrogen-bond donors (Lipinski definition) is 0. The number of Topliss-reactive ketones (excluding diaryl/α,β-unsaturated/α-hetero) is 1. The molecular weight excluding hydrogens is 260 g/mol. The van der Waals surface area contributed by atoms with Gasteiger partial charge in [-0.25, -0.2) is 0 Å². The average Bonchev–Trinajstić information content (AvgIpc) is 2.37. The Morgan fingerprint density at radius 3 is 2.63 bits per heavy atom. The predicted octanol–water partition coefficient (Wildman–Crippen LogP) is 4.43. The third kappa shape index (κ3) is 3.36. The van der Waals surface area contributed by atoms with Crippen LogP contribution in [0.3, 0.4) is 0 Å². The minimum Gasteiger partial charge on any atom is -0.487 e. The molecule has 0 spiro atoms. The molecule has 19 heavy (non-hydrogen) atoms. The fourth-order valence-corrected chi connectivity index (χ4v) is 2.12. The van der Waals surface area contributed by atoms with E-state index in [2.05, 4.69) is 0 Å². The van der Waals surface area contributed by atoms with E-state index < -0.39 is 0 Å². The van der Waals surface area contributed by atoms with Crippen LogP contribution in [-0.2, 0) is 6.61 Å². The van der Waals surface area contributed by atoms with Gasteiger partial charge < -0.3 is 4.74 Å². The molecule has 0 aliphatic rings. The number of ether oxygens (including phenoxy) is 1. The molecule has 3 heteroatoms. The van der Waals surface area contributed by atoms with Crippen LogP contribution in [0.2, 0.25) is 5.02 Å². The molecular formula is C16H15ClO2. The van der Waals surface area contributed by atoms with Crippen molar-refractivity contribution in [3.8, 4) is 5.75 Å². The number of benzene rings is 2. The van der Waals surface area contributed by atoms with Crippen LogP contribution in [0.1, 0.15) is 28.4 Å². The Morgan fingerprint density at radius 2 is 1.95 bits per heavy atom. The van der Waals surface area contributed by atoms with Gasteiger partial charge in [-0.3, -0.25) is 4.79 Å². The van der Waals surface area contributed by atoms with E-state index in [1.54, 1.807) is 18.2 Å². The summed E-state index contributed by atoms with van der Waals surface area (Å²) in [6.07, 6.45) is 0. The molecule has 0 unspecified atom stereocenters. The molecule has 0 aliphatic heterocycles. The van der Waals surface area contributed by atoms with Crippen molar-refractivity contribution in [1.29, 1.82) is 0 Å². The standard InChI is InChI=1S/C16H15ClO2/c1-11-5-3-6-13(9-11)10-19-16-14(12(2)18)7-4-8-15(16)17/h3-9H,10H2,1-2H3. The number of aryl methyl sites for hydroxylation is 1. The lowest BCUT2D eigenvalue weighted by Crippen LogP contribution is -2.02. The van der Waals surface area contributed by atoms with Crippen LogP contribution in [0.15, 0.2) is 42.5 Å². The van der Waals surface area contributed by atoms with Gasteiger partial charge in [0.1, 0.15) is 12.4 Å². The van der Waals surface area contributed by atoms with Crippen molar-refractivity contribution in [2.24, 2.45) is 0 Å². The van der Waals surface area contributed by atoms with Crippen LogP contribution in [-0.4, -0.2) is 5.78 Å². The maximum Gasteiger partial charge on any atom is 0.163 e. The summed E-state index contributed by atoms with van der Waals surface area (Å²) in [6.45, 7) is 3.93. The zero-order chi connectivity index (χ0) is 13.8. The number of ketones is 1. The fourth-order valence-electron chi connectivity index (χ4n) is 1.89. The van der Waals surface area contributed by atoms with Crippen LogP contribution in [0.5, 0.6) is 5.75 Å². The Morgan fingerprint density at radius 1 is 1.21 bits per heavy atom. The maximum atomic E-state index is 11.5. The van der Waals surface area contributed by atoms with E-state index in [-0.39, 0.29) is 5.78 Å². The molecule has 0 saturated heterocycles. The summed E-state index contributed by atoms with van der Waals surface area (Å²) in [5.74, 6) is 0.403. The second kappa shape index (κ2) is 5.89. The number of carbonyl (C=O) groups excluding carboxylic acids is 1. The van der Waals surface area contributed by atoms with Crippen molar-refractivity contribution in [3.05, 3.63) is 64.2 Å². The highest BCUT2D eigenvalue weighted by atomic mass is 35.5. The van der Waals surface area contributed by atoms with E-state index in [4.69, 9.17) is 16.3 Å². The largest absolute Gasteiger partial charge is 0.487 e. The molecule has 0 amide bonds. The first-order valence-electron chi connectivity index (χ1n) is 6.05. The van der Waals surface area contributed by atoms with Gasteiger partial charge in [-0.15, -0.1) is 0 Å². The topological polar surface area (TPSA) is 26.3 Å². The van der Waals surface area contributed by atoms with E-state index in [1.165, 1.54) is 12.5 Å². The highest BCUT2D eigenvalue weighted by Gasteiger charge is 2.12. The molecule has 2 aromatic rings. The number of halogens is 1. The van der Waals surface area contributed by atoms with Crippen LogP contribution in [0, 0.1) is 6.92 Å². The normalized spacial score (nSPS) is 10.3. The van der Waals surface area contributed by atoms with E-state index in [0.717, 1.165) is 5.56 Å². The highest BCUT2D eigenvalue weighted by Crippen LogP contribution is 2.29. The fraction of sp³-hybridized carbons (Fsp3) is 0.188. The van der Waals surface area contributed by atoms with Gasteiger partial charge in [0.05, 0.1) is 10.6 Å². The zero-order valence-corrected chi connectivity index (χ0v) is 11.7. The average molecular weight is 275 g/mol. The van der Waals surface area contributed by atoms with Gasteiger partial charge in [0, 0.05) is 0 Å². The lowest BCUT2D eigenvalue weighted by molar-refractivity contribution is 0.101. The quantitative estimate of drug-likeness (QED) is 0.771.